The highest BCUT2D eigenvalue weighted by atomic mass is 35.5. The number of piperazine rings is 1. The van der Waals surface area contributed by atoms with Gasteiger partial charge in [-0.1, -0.05) is 41.4 Å². The third-order valence-electron chi connectivity index (χ3n) is 5.23. The number of carbonyl (C=O) groups excluding carboxylic acids is 1. The van der Waals surface area contributed by atoms with Gasteiger partial charge in [-0.2, -0.15) is 18.3 Å². The molecule has 32 heavy (non-hydrogen) atoms. The second-order valence-corrected chi connectivity index (χ2v) is 8.07. The molecule has 3 aromatic rings. The third-order valence-corrected chi connectivity index (χ3v) is 5.86. The molecule has 1 aliphatic heterocycles. The van der Waals surface area contributed by atoms with E-state index in [0.717, 1.165) is 18.0 Å². The molecule has 0 radical (unpaired) electrons. The summed E-state index contributed by atoms with van der Waals surface area (Å²) in [4.78, 5) is 20.4. The van der Waals surface area contributed by atoms with Crippen LogP contribution in [0.4, 0.5) is 19.0 Å². The number of rotatable bonds is 3. The van der Waals surface area contributed by atoms with E-state index < -0.39 is 11.7 Å². The van der Waals surface area contributed by atoms with Crippen LogP contribution in [0.1, 0.15) is 21.6 Å². The maximum Gasteiger partial charge on any atom is 0.417 e. The van der Waals surface area contributed by atoms with E-state index in [1.165, 1.54) is 4.68 Å². The number of aromatic nitrogens is 3. The van der Waals surface area contributed by atoms with Gasteiger partial charge in [-0.25, -0.2) is 9.67 Å². The van der Waals surface area contributed by atoms with Crippen molar-refractivity contribution in [2.24, 2.45) is 0 Å². The van der Waals surface area contributed by atoms with Crippen LogP contribution in [-0.4, -0.2) is 51.8 Å². The van der Waals surface area contributed by atoms with Crippen molar-refractivity contribution in [3.05, 3.63) is 69.6 Å². The Morgan fingerprint density at radius 2 is 1.72 bits per heavy atom. The number of alkyl halides is 3. The first kappa shape index (κ1) is 22.4. The van der Waals surface area contributed by atoms with Gasteiger partial charge in [0.25, 0.3) is 5.91 Å². The van der Waals surface area contributed by atoms with Crippen LogP contribution >= 0.6 is 23.2 Å². The van der Waals surface area contributed by atoms with Crippen LogP contribution in [-0.2, 0) is 6.18 Å². The van der Waals surface area contributed by atoms with Gasteiger partial charge in [-0.05, 0) is 25.1 Å². The van der Waals surface area contributed by atoms with Gasteiger partial charge in [0.1, 0.15) is 11.0 Å². The van der Waals surface area contributed by atoms with Crippen molar-refractivity contribution in [3.63, 3.8) is 0 Å². The Kier molecular flexibility index (Phi) is 6.05. The fraction of sp³-hybridized carbons (Fsp3) is 0.286. The van der Waals surface area contributed by atoms with E-state index >= 15 is 0 Å². The number of nitrogens with zero attached hydrogens (tertiary/aromatic N) is 5. The molecule has 1 aliphatic rings. The lowest BCUT2D eigenvalue weighted by molar-refractivity contribution is -0.137. The van der Waals surface area contributed by atoms with Crippen LogP contribution < -0.4 is 4.90 Å². The van der Waals surface area contributed by atoms with Gasteiger partial charge in [0.2, 0.25) is 0 Å². The molecule has 0 saturated carbocycles. The Balaban J connectivity index is 1.49. The Bertz CT molecular complexity index is 1140. The average molecular weight is 484 g/mol. The van der Waals surface area contributed by atoms with Crippen molar-refractivity contribution in [1.82, 2.24) is 19.7 Å². The molecule has 0 spiro atoms. The number of halogens is 5. The smallest absolute Gasteiger partial charge is 0.352 e. The number of para-hydroxylation sites is 1. The normalized spacial score (nSPS) is 14.7. The minimum atomic E-state index is -4.51. The van der Waals surface area contributed by atoms with Gasteiger partial charge < -0.3 is 9.80 Å². The van der Waals surface area contributed by atoms with Crippen molar-refractivity contribution >= 4 is 34.9 Å². The van der Waals surface area contributed by atoms with E-state index in [4.69, 9.17) is 23.2 Å². The second-order valence-electron chi connectivity index (χ2n) is 7.31. The summed E-state index contributed by atoms with van der Waals surface area (Å²) >= 11 is 12.6. The Morgan fingerprint density at radius 3 is 2.31 bits per heavy atom. The number of anilines is 1. The molecular formula is C21H18Cl2F3N5O. The molecule has 6 nitrogen and oxygen atoms in total. The molecule has 11 heteroatoms. The highest BCUT2D eigenvalue weighted by Gasteiger charge is 2.33. The summed E-state index contributed by atoms with van der Waals surface area (Å²) < 4.78 is 40.1. The van der Waals surface area contributed by atoms with Crippen LogP contribution in [0.3, 0.4) is 0 Å². The number of benzene rings is 1. The SMILES string of the molecule is Cc1nn(-c2ccccc2)c(Cl)c1C(=O)N1CCN(c2ncc(C(F)(F)F)cc2Cl)CC1. The van der Waals surface area contributed by atoms with Crippen molar-refractivity contribution in [2.45, 2.75) is 13.1 Å². The maximum absolute atomic E-state index is 13.2. The number of pyridine rings is 1. The summed E-state index contributed by atoms with van der Waals surface area (Å²) in [6.07, 6.45) is -3.75. The zero-order valence-corrected chi connectivity index (χ0v) is 18.4. The lowest BCUT2D eigenvalue weighted by Gasteiger charge is -2.35. The molecule has 2 aromatic heterocycles. The van der Waals surface area contributed by atoms with Crippen LogP contribution in [0.25, 0.3) is 5.69 Å². The third kappa shape index (κ3) is 4.27. The summed E-state index contributed by atoms with van der Waals surface area (Å²) in [5.74, 6) is 0.0127. The second kappa shape index (κ2) is 8.63. The summed E-state index contributed by atoms with van der Waals surface area (Å²) in [5, 5.41) is 4.56. The van der Waals surface area contributed by atoms with Crippen molar-refractivity contribution in [3.8, 4) is 5.69 Å². The lowest BCUT2D eigenvalue weighted by Crippen LogP contribution is -2.49. The molecule has 0 bridgehead atoms. The largest absolute Gasteiger partial charge is 0.417 e. The minimum Gasteiger partial charge on any atom is -0.352 e. The van der Waals surface area contributed by atoms with Crippen molar-refractivity contribution in [1.29, 1.82) is 0 Å². The quantitative estimate of drug-likeness (QED) is 0.533. The first-order valence-electron chi connectivity index (χ1n) is 9.74. The van der Waals surface area contributed by atoms with E-state index in [-0.39, 0.29) is 21.9 Å². The molecule has 0 atom stereocenters. The van der Waals surface area contributed by atoms with E-state index in [2.05, 4.69) is 10.1 Å². The molecule has 4 rings (SSSR count). The molecule has 1 amide bonds. The molecule has 1 aromatic carbocycles. The molecule has 1 fully saturated rings. The first-order chi connectivity index (χ1) is 15.2. The molecule has 0 N–H and O–H groups in total. The Morgan fingerprint density at radius 1 is 1.06 bits per heavy atom. The molecular weight excluding hydrogens is 466 g/mol. The fourth-order valence-corrected chi connectivity index (χ4v) is 4.22. The van der Waals surface area contributed by atoms with Crippen LogP contribution in [0.2, 0.25) is 10.2 Å². The highest BCUT2D eigenvalue weighted by molar-refractivity contribution is 6.33. The number of carbonyl (C=O) groups is 1. The number of hydrogen-bond acceptors (Lipinski definition) is 4. The van der Waals surface area contributed by atoms with E-state index in [1.807, 2.05) is 30.3 Å². The molecule has 0 unspecified atom stereocenters. The van der Waals surface area contributed by atoms with Gasteiger partial charge in [-0.3, -0.25) is 4.79 Å². The standard InChI is InChI=1S/C21H18Cl2F3N5O/c1-13-17(18(23)31(28-13)15-5-3-2-4-6-15)20(32)30-9-7-29(8-10-30)19-16(22)11-14(12-27-19)21(24,25)26/h2-6,11-12H,7-10H2,1H3. The van der Waals surface area contributed by atoms with Gasteiger partial charge in [0.05, 0.1) is 27.5 Å². The highest BCUT2D eigenvalue weighted by Crippen LogP contribution is 2.34. The molecule has 3 heterocycles. The molecule has 168 valence electrons. The Labute approximate surface area is 192 Å². The topological polar surface area (TPSA) is 54.3 Å². The Hall–Kier alpha value is -2.78. The molecule has 1 saturated heterocycles. The van der Waals surface area contributed by atoms with Crippen LogP contribution in [0.15, 0.2) is 42.6 Å². The van der Waals surface area contributed by atoms with Gasteiger partial charge in [0, 0.05) is 32.4 Å². The average Bonchev–Trinajstić information content (AvgIpc) is 3.07. The molecule has 0 aliphatic carbocycles. The first-order valence-corrected chi connectivity index (χ1v) is 10.5. The van der Waals surface area contributed by atoms with Crippen molar-refractivity contribution in [2.75, 3.05) is 31.1 Å². The van der Waals surface area contributed by atoms with E-state index in [0.29, 0.717) is 37.4 Å². The fourth-order valence-electron chi connectivity index (χ4n) is 3.58. The van der Waals surface area contributed by atoms with Gasteiger partial charge >= 0.3 is 6.18 Å². The summed E-state index contributed by atoms with van der Waals surface area (Å²) in [6, 6.07) is 10.1. The summed E-state index contributed by atoms with van der Waals surface area (Å²) in [6.45, 7) is 3.13. The maximum atomic E-state index is 13.2. The van der Waals surface area contributed by atoms with Crippen LogP contribution in [0, 0.1) is 6.92 Å². The summed E-state index contributed by atoms with van der Waals surface area (Å²) in [5.41, 5.74) is 0.682. The zero-order chi connectivity index (χ0) is 23.0. The predicted molar refractivity (Wildman–Crippen MR) is 116 cm³/mol. The van der Waals surface area contributed by atoms with Gasteiger partial charge in [0.15, 0.2) is 0 Å². The number of hydrogen-bond donors (Lipinski definition) is 0. The summed E-state index contributed by atoms with van der Waals surface area (Å²) in [7, 11) is 0. The van der Waals surface area contributed by atoms with E-state index in [9.17, 15) is 18.0 Å². The minimum absolute atomic E-state index is 0.0809. The zero-order valence-electron chi connectivity index (χ0n) is 16.9. The lowest BCUT2D eigenvalue weighted by atomic mass is 10.2. The van der Waals surface area contributed by atoms with Crippen molar-refractivity contribution < 1.29 is 18.0 Å². The predicted octanol–water partition coefficient (Wildman–Crippen LogP) is 4.86. The van der Waals surface area contributed by atoms with Gasteiger partial charge in [-0.15, -0.1) is 0 Å². The number of amides is 1. The van der Waals surface area contributed by atoms with Crippen LogP contribution in [0.5, 0.6) is 0 Å². The number of aryl methyl sites for hydroxylation is 1. The van der Waals surface area contributed by atoms with E-state index in [1.54, 1.807) is 16.7 Å². The monoisotopic (exact) mass is 483 g/mol.